The Kier molecular flexibility index (Phi) is 5.81. The Labute approximate surface area is 135 Å². The van der Waals surface area contributed by atoms with Gasteiger partial charge in [-0.1, -0.05) is 34.4 Å². The van der Waals surface area contributed by atoms with Crippen molar-refractivity contribution in [3.05, 3.63) is 40.0 Å². The number of rotatable bonds is 7. The molecule has 1 heterocycles. The molecule has 2 rings (SSSR count). The minimum Gasteiger partial charge on any atom is -0.478 e. The molecule has 0 aliphatic rings. The van der Waals surface area contributed by atoms with Gasteiger partial charge in [-0.15, -0.1) is 11.8 Å². The molecule has 0 aliphatic heterocycles. The number of unbranched alkanes of at least 4 members (excludes halogenated alkanes) is 1. The van der Waals surface area contributed by atoms with Gasteiger partial charge >= 0.3 is 5.97 Å². The van der Waals surface area contributed by atoms with Gasteiger partial charge in [0.2, 0.25) is 5.89 Å². The van der Waals surface area contributed by atoms with Gasteiger partial charge in [0, 0.05) is 15.8 Å². The van der Waals surface area contributed by atoms with Gasteiger partial charge in [0.25, 0.3) is 0 Å². The highest BCUT2D eigenvalue weighted by molar-refractivity contribution is 9.10. The Morgan fingerprint density at radius 1 is 1.48 bits per heavy atom. The summed E-state index contributed by atoms with van der Waals surface area (Å²) in [6.07, 6.45) is 2.92. The van der Waals surface area contributed by atoms with Crippen LogP contribution in [0.3, 0.4) is 0 Å². The van der Waals surface area contributed by atoms with Crippen molar-refractivity contribution >= 4 is 33.7 Å². The average molecular weight is 371 g/mol. The molecular formula is C14H15BrN2O3S. The summed E-state index contributed by atoms with van der Waals surface area (Å²) in [5.41, 5.74) is 0.272. The van der Waals surface area contributed by atoms with Crippen molar-refractivity contribution in [2.45, 2.75) is 36.8 Å². The number of thioether (sulfide) groups is 1. The summed E-state index contributed by atoms with van der Waals surface area (Å²) in [4.78, 5) is 16.2. The van der Waals surface area contributed by atoms with E-state index < -0.39 is 5.97 Å². The predicted octanol–water partition coefficient (Wildman–Crippen LogP) is 4.17. The summed E-state index contributed by atoms with van der Waals surface area (Å²) in [5, 5.41) is 13.1. The Bertz CT molecular complexity index is 630. The van der Waals surface area contributed by atoms with E-state index in [1.807, 2.05) is 0 Å². The molecule has 7 heteroatoms. The predicted molar refractivity (Wildman–Crippen MR) is 83.6 cm³/mol. The molecule has 0 saturated heterocycles. The van der Waals surface area contributed by atoms with Gasteiger partial charge in [-0.05, 0) is 24.6 Å². The minimum atomic E-state index is -0.945. The monoisotopic (exact) mass is 370 g/mol. The van der Waals surface area contributed by atoms with Crippen molar-refractivity contribution in [3.8, 4) is 0 Å². The quantitative estimate of drug-likeness (QED) is 0.737. The van der Waals surface area contributed by atoms with Crippen LogP contribution in [0.1, 0.15) is 41.8 Å². The van der Waals surface area contributed by atoms with E-state index in [1.54, 1.807) is 18.2 Å². The zero-order chi connectivity index (χ0) is 15.2. The van der Waals surface area contributed by atoms with Crippen molar-refractivity contribution in [1.29, 1.82) is 0 Å². The number of carboxylic acid groups (broad SMARTS) is 1. The molecule has 0 radical (unpaired) electrons. The number of carbonyl (C=O) groups is 1. The molecule has 112 valence electrons. The molecule has 1 N–H and O–H groups in total. The molecule has 2 aromatic rings. The van der Waals surface area contributed by atoms with Crippen LogP contribution in [-0.2, 0) is 12.2 Å². The lowest BCUT2D eigenvalue weighted by Crippen LogP contribution is -1.98. The number of halogens is 1. The summed E-state index contributed by atoms with van der Waals surface area (Å²) >= 11 is 4.72. The van der Waals surface area contributed by atoms with Crippen LogP contribution in [0.5, 0.6) is 0 Å². The second-order valence-corrected chi connectivity index (χ2v) is 6.38. The maximum atomic E-state index is 11.2. The molecule has 0 unspecified atom stereocenters. The molecule has 1 aromatic heterocycles. The highest BCUT2D eigenvalue weighted by Crippen LogP contribution is 2.29. The number of aromatic nitrogens is 2. The maximum Gasteiger partial charge on any atom is 0.336 e. The fourth-order valence-corrected chi connectivity index (χ4v) is 3.15. The van der Waals surface area contributed by atoms with Crippen LogP contribution in [0, 0.1) is 0 Å². The zero-order valence-electron chi connectivity index (χ0n) is 11.5. The first-order valence-electron chi connectivity index (χ1n) is 6.57. The number of aryl methyl sites for hydroxylation is 1. The molecular weight excluding hydrogens is 356 g/mol. The highest BCUT2D eigenvalue weighted by atomic mass is 79.9. The summed E-state index contributed by atoms with van der Waals surface area (Å²) < 4.78 is 6.01. The second-order valence-electron chi connectivity index (χ2n) is 4.44. The third kappa shape index (κ3) is 4.57. The summed E-state index contributed by atoms with van der Waals surface area (Å²) in [5.74, 6) is 0.734. The number of nitrogens with zero attached hydrogens (tertiary/aromatic N) is 2. The first-order valence-corrected chi connectivity index (χ1v) is 8.35. The van der Waals surface area contributed by atoms with Gasteiger partial charge in [-0.2, -0.15) is 4.98 Å². The van der Waals surface area contributed by atoms with Gasteiger partial charge < -0.3 is 9.63 Å². The van der Waals surface area contributed by atoms with Gasteiger partial charge in [0.05, 0.1) is 11.3 Å². The molecule has 0 atom stereocenters. The van der Waals surface area contributed by atoms with E-state index in [0.717, 1.165) is 23.7 Å². The van der Waals surface area contributed by atoms with Crippen molar-refractivity contribution in [1.82, 2.24) is 10.1 Å². The van der Waals surface area contributed by atoms with Crippen LogP contribution in [0.2, 0.25) is 0 Å². The van der Waals surface area contributed by atoms with E-state index in [-0.39, 0.29) is 5.56 Å². The van der Waals surface area contributed by atoms with Crippen LogP contribution in [0.4, 0.5) is 0 Å². The topological polar surface area (TPSA) is 76.2 Å². The van der Waals surface area contributed by atoms with Crippen molar-refractivity contribution in [2.24, 2.45) is 0 Å². The molecule has 0 fully saturated rings. The number of hydrogen-bond acceptors (Lipinski definition) is 5. The van der Waals surface area contributed by atoms with Crippen LogP contribution < -0.4 is 0 Å². The average Bonchev–Trinajstić information content (AvgIpc) is 2.90. The third-order valence-electron chi connectivity index (χ3n) is 2.79. The van der Waals surface area contributed by atoms with E-state index in [2.05, 4.69) is 33.0 Å². The number of carboxylic acids is 1. The van der Waals surface area contributed by atoms with E-state index in [1.165, 1.54) is 11.8 Å². The van der Waals surface area contributed by atoms with Crippen molar-refractivity contribution < 1.29 is 14.4 Å². The van der Waals surface area contributed by atoms with Gasteiger partial charge in [-0.3, -0.25) is 0 Å². The Balaban J connectivity index is 2.04. The molecule has 5 nitrogen and oxygen atoms in total. The van der Waals surface area contributed by atoms with Crippen LogP contribution in [0.15, 0.2) is 32.1 Å². The molecule has 0 bridgehead atoms. The van der Waals surface area contributed by atoms with E-state index in [9.17, 15) is 9.90 Å². The van der Waals surface area contributed by atoms with Crippen molar-refractivity contribution in [2.75, 3.05) is 0 Å². The lowest BCUT2D eigenvalue weighted by molar-refractivity contribution is 0.0693. The lowest BCUT2D eigenvalue weighted by Gasteiger charge is -2.04. The maximum absolute atomic E-state index is 11.2. The fourth-order valence-electron chi connectivity index (χ4n) is 1.72. The van der Waals surface area contributed by atoms with Gasteiger partial charge in [0.1, 0.15) is 0 Å². The lowest BCUT2D eigenvalue weighted by atomic mass is 10.2. The molecule has 21 heavy (non-hydrogen) atoms. The second kappa shape index (κ2) is 7.61. The summed E-state index contributed by atoms with van der Waals surface area (Å²) in [6, 6.07) is 5.07. The molecule has 0 aliphatic carbocycles. The summed E-state index contributed by atoms with van der Waals surface area (Å²) in [6.45, 7) is 2.11. The zero-order valence-corrected chi connectivity index (χ0v) is 13.9. The van der Waals surface area contributed by atoms with Gasteiger partial charge in [-0.25, -0.2) is 4.79 Å². The van der Waals surface area contributed by atoms with Crippen LogP contribution in [0.25, 0.3) is 0 Å². The van der Waals surface area contributed by atoms with E-state index in [0.29, 0.717) is 22.4 Å². The number of aromatic carboxylic acids is 1. The molecule has 1 aromatic carbocycles. The fraction of sp³-hybridized carbons (Fsp3) is 0.357. The largest absolute Gasteiger partial charge is 0.478 e. The molecule has 0 spiro atoms. The van der Waals surface area contributed by atoms with Crippen LogP contribution in [-0.4, -0.2) is 21.2 Å². The van der Waals surface area contributed by atoms with Crippen LogP contribution >= 0.6 is 27.7 Å². The highest BCUT2D eigenvalue weighted by Gasteiger charge is 2.13. The first-order chi connectivity index (χ1) is 10.1. The minimum absolute atomic E-state index is 0.272. The van der Waals surface area contributed by atoms with E-state index >= 15 is 0 Å². The Morgan fingerprint density at radius 2 is 2.29 bits per heavy atom. The SMILES string of the molecule is CCCCc1noc(CSc2cc(Br)ccc2C(=O)O)n1. The van der Waals surface area contributed by atoms with E-state index in [4.69, 9.17) is 4.52 Å². The Hall–Kier alpha value is -1.34. The number of benzene rings is 1. The van der Waals surface area contributed by atoms with Gasteiger partial charge in [0.15, 0.2) is 5.82 Å². The molecule has 0 amide bonds. The smallest absolute Gasteiger partial charge is 0.336 e. The third-order valence-corrected chi connectivity index (χ3v) is 4.32. The standard InChI is InChI=1S/C14H15BrN2O3S/c1-2-3-4-12-16-13(20-17-12)8-21-11-7-9(15)5-6-10(11)14(18)19/h5-7H,2-4,8H2,1H3,(H,18,19). The first kappa shape index (κ1) is 16.0. The normalized spacial score (nSPS) is 10.8. The summed E-state index contributed by atoms with van der Waals surface area (Å²) in [7, 11) is 0. The Morgan fingerprint density at radius 3 is 3.00 bits per heavy atom. The van der Waals surface area contributed by atoms with Crippen molar-refractivity contribution in [3.63, 3.8) is 0 Å². The molecule has 0 saturated carbocycles. The number of hydrogen-bond donors (Lipinski definition) is 1.